The third-order valence-corrected chi connectivity index (χ3v) is 4.62. The second-order valence-electron chi connectivity index (χ2n) is 6.15. The summed E-state index contributed by atoms with van der Waals surface area (Å²) in [6.07, 6.45) is 1.19. The fourth-order valence-corrected chi connectivity index (χ4v) is 3.04. The molecule has 0 aliphatic heterocycles. The molecular weight excluding hydrogens is 324 g/mol. The molecule has 1 saturated carbocycles. The number of carbonyl (C=O) groups excluding carboxylic acids is 2. The average molecular weight is 343 g/mol. The molecule has 0 radical (unpaired) electrons. The number of hydrogen-bond donors (Lipinski definition) is 2. The number of primary amides is 1. The van der Waals surface area contributed by atoms with Gasteiger partial charge in [0.15, 0.2) is 0 Å². The first kappa shape index (κ1) is 16.5. The van der Waals surface area contributed by atoms with Crippen molar-refractivity contribution in [2.45, 2.75) is 24.8 Å². The smallest absolute Gasteiger partial charge is 0.240 e. The van der Waals surface area contributed by atoms with E-state index in [1.165, 1.54) is 0 Å². The fraction of sp³-hybridized carbons (Fsp3) is 0.263. The van der Waals surface area contributed by atoms with Gasteiger partial charge >= 0.3 is 0 Å². The third-order valence-electron chi connectivity index (χ3n) is 4.37. The first-order valence-electron chi connectivity index (χ1n) is 7.93. The minimum atomic E-state index is -0.689. The van der Waals surface area contributed by atoms with Gasteiger partial charge in [0.2, 0.25) is 11.8 Å². The number of nitrogens with two attached hydrogens (primary N) is 1. The van der Waals surface area contributed by atoms with E-state index < -0.39 is 11.9 Å². The largest absolute Gasteiger partial charge is 0.368 e. The highest BCUT2D eigenvalue weighted by atomic mass is 35.5. The maximum absolute atomic E-state index is 12.4. The van der Waals surface area contributed by atoms with Crippen LogP contribution in [0.25, 0.3) is 0 Å². The van der Waals surface area contributed by atoms with Crippen LogP contribution in [0.2, 0.25) is 5.02 Å². The molecule has 3 rings (SSSR count). The standard InChI is InChI=1S/C19H19ClN2O2/c20-14-8-6-13(7-9-14)15-11-16(15)19(24)22-17(18(21)23)10-12-4-2-1-3-5-12/h1-9,15-17H,10-11H2,(H2,21,23)(H,22,24). The van der Waals surface area contributed by atoms with E-state index in [1.54, 1.807) is 0 Å². The van der Waals surface area contributed by atoms with Gasteiger partial charge in [-0.1, -0.05) is 54.1 Å². The predicted molar refractivity (Wildman–Crippen MR) is 93.6 cm³/mol. The molecule has 2 aromatic rings. The molecule has 1 aliphatic rings. The normalized spacial score (nSPS) is 20.2. The Labute approximate surface area is 146 Å². The van der Waals surface area contributed by atoms with Gasteiger partial charge in [-0.3, -0.25) is 9.59 Å². The molecule has 1 fully saturated rings. The average Bonchev–Trinajstić information content (AvgIpc) is 3.36. The summed E-state index contributed by atoms with van der Waals surface area (Å²) in [6, 6.07) is 16.4. The van der Waals surface area contributed by atoms with Crippen molar-refractivity contribution >= 4 is 23.4 Å². The second kappa shape index (κ2) is 7.05. The lowest BCUT2D eigenvalue weighted by molar-refractivity contribution is -0.128. The minimum Gasteiger partial charge on any atom is -0.368 e. The fourth-order valence-electron chi connectivity index (χ4n) is 2.91. The zero-order valence-electron chi connectivity index (χ0n) is 13.1. The number of amides is 2. The van der Waals surface area contributed by atoms with Gasteiger partial charge in [0.05, 0.1) is 0 Å². The molecule has 3 N–H and O–H groups in total. The van der Waals surface area contributed by atoms with Crippen LogP contribution in [0.15, 0.2) is 54.6 Å². The van der Waals surface area contributed by atoms with Gasteiger partial charge in [-0.05, 0) is 35.6 Å². The van der Waals surface area contributed by atoms with Crippen LogP contribution in [-0.4, -0.2) is 17.9 Å². The summed E-state index contributed by atoms with van der Waals surface area (Å²) in [7, 11) is 0. The third kappa shape index (κ3) is 3.95. The molecule has 1 aliphatic carbocycles. The number of halogens is 1. The van der Waals surface area contributed by atoms with Gasteiger partial charge in [0.1, 0.15) is 6.04 Å². The van der Waals surface area contributed by atoms with E-state index in [1.807, 2.05) is 54.6 Å². The summed E-state index contributed by atoms with van der Waals surface area (Å²) in [5.74, 6) is -0.554. The van der Waals surface area contributed by atoms with Crippen molar-refractivity contribution in [1.29, 1.82) is 0 Å². The highest BCUT2D eigenvalue weighted by Crippen LogP contribution is 2.47. The summed E-state index contributed by atoms with van der Waals surface area (Å²) in [6.45, 7) is 0. The highest BCUT2D eigenvalue weighted by Gasteiger charge is 2.44. The first-order valence-corrected chi connectivity index (χ1v) is 8.31. The maximum atomic E-state index is 12.4. The monoisotopic (exact) mass is 342 g/mol. The predicted octanol–water partition coefficient (Wildman–Crippen LogP) is 2.66. The second-order valence-corrected chi connectivity index (χ2v) is 6.59. The molecule has 0 bridgehead atoms. The molecule has 3 unspecified atom stereocenters. The van der Waals surface area contributed by atoms with E-state index in [9.17, 15) is 9.59 Å². The summed E-state index contributed by atoms with van der Waals surface area (Å²) in [5.41, 5.74) is 7.51. The molecule has 24 heavy (non-hydrogen) atoms. The van der Waals surface area contributed by atoms with Crippen molar-refractivity contribution < 1.29 is 9.59 Å². The Hall–Kier alpha value is -2.33. The molecule has 2 amide bonds. The number of rotatable bonds is 6. The lowest BCUT2D eigenvalue weighted by Gasteiger charge is -2.15. The van der Waals surface area contributed by atoms with E-state index in [0.717, 1.165) is 17.5 Å². The van der Waals surface area contributed by atoms with Gasteiger partial charge < -0.3 is 11.1 Å². The van der Waals surface area contributed by atoms with Gasteiger partial charge in [0, 0.05) is 17.4 Å². The van der Waals surface area contributed by atoms with E-state index >= 15 is 0 Å². The Morgan fingerprint density at radius 3 is 2.42 bits per heavy atom. The zero-order chi connectivity index (χ0) is 17.1. The molecule has 0 spiro atoms. The SMILES string of the molecule is NC(=O)C(Cc1ccccc1)NC(=O)C1CC1c1ccc(Cl)cc1. The van der Waals surface area contributed by atoms with Crippen LogP contribution < -0.4 is 11.1 Å². The number of carbonyl (C=O) groups is 2. The lowest BCUT2D eigenvalue weighted by atomic mass is 10.0. The van der Waals surface area contributed by atoms with Crippen molar-refractivity contribution in [2.75, 3.05) is 0 Å². The Morgan fingerprint density at radius 1 is 1.12 bits per heavy atom. The molecule has 5 heteroatoms. The summed E-state index contributed by atoms with van der Waals surface area (Å²) >= 11 is 5.89. The maximum Gasteiger partial charge on any atom is 0.240 e. The van der Waals surface area contributed by atoms with Crippen LogP contribution >= 0.6 is 11.6 Å². The Balaban J connectivity index is 1.60. The molecule has 0 saturated heterocycles. The van der Waals surface area contributed by atoms with E-state index in [-0.39, 0.29) is 17.7 Å². The van der Waals surface area contributed by atoms with E-state index in [2.05, 4.69) is 5.32 Å². The zero-order valence-corrected chi connectivity index (χ0v) is 13.9. The van der Waals surface area contributed by atoms with Crippen LogP contribution in [-0.2, 0) is 16.0 Å². The molecule has 0 aromatic heterocycles. The lowest BCUT2D eigenvalue weighted by Crippen LogP contribution is -2.46. The Bertz CT molecular complexity index is 731. The number of hydrogen-bond acceptors (Lipinski definition) is 2. The summed E-state index contributed by atoms with van der Waals surface area (Å²) < 4.78 is 0. The minimum absolute atomic E-state index is 0.108. The van der Waals surface area contributed by atoms with Crippen LogP contribution in [0.4, 0.5) is 0 Å². The van der Waals surface area contributed by atoms with E-state index in [0.29, 0.717) is 11.4 Å². The molecule has 0 heterocycles. The van der Waals surface area contributed by atoms with E-state index in [4.69, 9.17) is 17.3 Å². The van der Waals surface area contributed by atoms with Gasteiger partial charge in [-0.25, -0.2) is 0 Å². The Kier molecular flexibility index (Phi) is 4.86. The van der Waals surface area contributed by atoms with Crippen molar-refractivity contribution in [3.8, 4) is 0 Å². The molecule has 3 atom stereocenters. The van der Waals surface area contributed by atoms with Gasteiger partial charge in [-0.15, -0.1) is 0 Å². The highest BCUT2D eigenvalue weighted by molar-refractivity contribution is 6.30. The van der Waals surface area contributed by atoms with Crippen molar-refractivity contribution in [3.63, 3.8) is 0 Å². The number of nitrogens with one attached hydrogen (secondary N) is 1. The quantitative estimate of drug-likeness (QED) is 0.847. The van der Waals surface area contributed by atoms with Crippen LogP contribution in [0.5, 0.6) is 0 Å². The van der Waals surface area contributed by atoms with Crippen LogP contribution in [0, 0.1) is 5.92 Å². The summed E-state index contributed by atoms with van der Waals surface area (Å²) in [4.78, 5) is 24.1. The topological polar surface area (TPSA) is 72.2 Å². The van der Waals surface area contributed by atoms with Crippen molar-refractivity contribution in [1.82, 2.24) is 5.32 Å². The van der Waals surface area contributed by atoms with Gasteiger partial charge in [-0.2, -0.15) is 0 Å². The van der Waals surface area contributed by atoms with Crippen molar-refractivity contribution in [2.24, 2.45) is 11.7 Å². The molecule has 124 valence electrons. The summed E-state index contributed by atoms with van der Waals surface area (Å²) in [5, 5.41) is 3.48. The van der Waals surface area contributed by atoms with Crippen LogP contribution in [0.1, 0.15) is 23.5 Å². The molecule has 2 aromatic carbocycles. The first-order chi connectivity index (χ1) is 11.5. The molecule has 4 nitrogen and oxygen atoms in total. The van der Waals surface area contributed by atoms with Crippen molar-refractivity contribution in [3.05, 3.63) is 70.7 Å². The Morgan fingerprint density at radius 2 is 1.79 bits per heavy atom. The number of benzene rings is 2. The van der Waals surface area contributed by atoms with Gasteiger partial charge in [0.25, 0.3) is 0 Å². The van der Waals surface area contributed by atoms with Crippen LogP contribution in [0.3, 0.4) is 0 Å². The molecular formula is C19H19ClN2O2.